The molecular weight excluding hydrogens is 570 g/mol. The summed E-state index contributed by atoms with van der Waals surface area (Å²) >= 11 is 0. The minimum atomic E-state index is -1.05. The molecule has 0 aliphatic carbocycles. The second kappa shape index (κ2) is 17.6. The van der Waals surface area contributed by atoms with Gasteiger partial charge in [0.15, 0.2) is 0 Å². The first-order valence-electron chi connectivity index (χ1n) is 16.0. The Morgan fingerprint density at radius 1 is 0.800 bits per heavy atom. The average molecular weight is 624 g/mol. The van der Waals surface area contributed by atoms with Crippen molar-refractivity contribution in [1.29, 1.82) is 0 Å². The van der Waals surface area contributed by atoms with Gasteiger partial charge in [-0.3, -0.25) is 9.59 Å². The van der Waals surface area contributed by atoms with Crippen LogP contribution in [0.15, 0.2) is 54.6 Å². The van der Waals surface area contributed by atoms with Gasteiger partial charge in [0.1, 0.15) is 29.8 Å². The Kier molecular flexibility index (Phi) is 14.6. The molecule has 2 N–H and O–H groups in total. The first-order chi connectivity index (χ1) is 21.1. The number of carbonyl (C=O) groups is 4. The number of aryl methyl sites for hydroxylation is 1. The number of hydrogen-bond acceptors (Lipinski definition) is 6. The standard InChI is InChI=1S/C36H53N3O6/c1-9-10-11-12-18-23-39(30(40)25-37-34(43)45-36(6,7)8)31(28-22-17-16-19-26(28)2)32(41)38-29(33(42)44-35(3,4)5)24-27-20-14-13-15-21-27/h13-17,19-22,29,31H,9-12,18,23-25H2,1-8H3,(H,37,43)(H,38,41). The second-order valence-electron chi connectivity index (χ2n) is 13.4. The number of amides is 3. The number of nitrogens with one attached hydrogen (secondary N) is 2. The van der Waals surface area contributed by atoms with Crippen molar-refractivity contribution >= 4 is 23.9 Å². The number of hydrogen-bond donors (Lipinski definition) is 2. The third-order valence-electron chi connectivity index (χ3n) is 6.94. The Balaban J connectivity index is 2.48. The van der Waals surface area contributed by atoms with Crippen LogP contribution in [0, 0.1) is 6.92 Å². The van der Waals surface area contributed by atoms with Crippen molar-refractivity contribution in [3.05, 3.63) is 71.3 Å². The number of rotatable bonds is 15. The van der Waals surface area contributed by atoms with Crippen molar-refractivity contribution in [2.75, 3.05) is 13.1 Å². The zero-order valence-corrected chi connectivity index (χ0v) is 28.4. The van der Waals surface area contributed by atoms with Crippen LogP contribution in [0.4, 0.5) is 4.79 Å². The third kappa shape index (κ3) is 13.7. The summed E-state index contributed by atoms with van der Waals surface area (Å²) in [6.45, 7) is 14.5. The highest BCUT2D eigenvalue weighted by Crippen LogP contribution is 2.26. The molecule has 2 aromatic rings. The maximum absolute atomic E-state index is 14.3. The molecule has 2 atom stereocenters. The molecule has 0 bridgehead atoms. The van der Waals surface area contributed by atoms with Crippen LogP contribution in [0.5, 0.6) is 0 Å². The van der Waals surface area contributed by atoms with Crippen molar-refractivity contribution in [2.45, 2.75) is 117 Å². The number of carbonyl (C=O) groups excluding carboxylic acids is 4. The monoisotopic (exact) mass is 623 g/mol. The van der Waals surface area contributed by atoms with Crippen LogP contribution < -0.4 is 10.6 Å². The molecule has 0 heterocycles. The number of nitrogens with zero attached hydrogens (tertiary/aromatic N) is 1. The topological polar surface area (TPSA) is 114 Å². The van der Waals surface area contributed by atoms with Gasteiger partial charge < -0.3 is 25.0 Å². The molecule has 2 aromatic carbocycles. The lowest BCUT2D eigenvalue weighted by molar-refractivity contribution is -0.159. The fraction of sp³-hybridized carbons (Fsp3) is 0.556. The zero-order valence-electron chi connectivity index (χ0n) is 28.4. The number of esters is 1. The van der Waals surface area contributed by atoms with E-state index in [9.17, 15) is 19.2 Å². The molecule has 0 radical (unpaired) electrons. The summed E-state index contributed by atoms with van der Waals surface area (Å²) in [5.74, 6) is -1.50. The molecule has 0 aliphatic rings. The van der Waals surface area contributed by atoms with E-state index in [1.54, 1.807) is 41.5 Å². The molecule has 0 aliphatic heterocycles. The second-order valence-corrected chi connectivity index (χ2v) is 13.4. The zero-order chi connectivity index (χ0) is 33.6. The molecule has 45 heavy (non-hydrogen) atoms. The fourth-order valence-corrected chi connectivity index (χ4v) is 4.86. The quantitative estimate of drug-likeness (QED) is 0.175. The third-order valence-corrected chi connectivity index (χ3v) is 6.94. The number of ether oxygens (including phenoxy) is 2. The molecule has 2 unspecified atom stereocenters. The van der Waals surface area contributed by atoms with E-state index in [-0.39, 0.29) is 13.0 Å². The van der Waals surface area contributed by atoms with Gasteiger partial charge in [-0.1, -0.05) is 87.2 Å². The van der Waals surface area contributed by atoms with E-state index in [0.29, 0.717) is 18.5 Å². The lowest BCUT2D eigenvalue weighted by Gasteiger charge is -2.34. The van der Waals surface area contributed by atoms with Crippen LogP contribution in [0.3, 0.4) is 0 Å². The number of benzene rings is 2. The summed E-state index contributed by atoms with van der Waals surface area (Å²) in [5.41, 5.74) is 0.812. The van der Waals surface area contributed by atoms with Gasteiger partial charge in [0, 0.05) is 13.0 Å². The largest absolute Gasteiger partial charge is 0.458 e. The first-order valence-corrected chi connectivity index (χ1v) is 16.0. The normalized spacial score (nSPS) is 12.9. The summed E-state index contributed by atoms with van der Waals surface area (Å²) in [7, 11) is 0. The Hall–Kier alpha value is -3.88. The highest BCUT2D eigenvalue weighted by Gasteiger charge is 2.36. The Morgan fingerprint density at radius 3 is 2.00 bits per heavy atom. The summed E-state index contributed by atoms with van der Waals surface area (Å²) < 4.78 is 11.0. The summed E-state index contributed by atoms with van der Waals surface area (Å²) in [6.07, 6.45) is 4.21. The molecule has 3 amide bonds. The van der Waals surface area contributed by atoms with Crippen LogP contribution in [0.2, 0.25) is 0 Å². The highest BCUT2D eigenvalue weighted by atomic mass is 16.6. The molecule has 248 valence electrons. The smallest absolute Gasteiger partial charge is 0.408 e. The van der Waals surface area contributed by atoms with E-state index in [4.69, 9.17) is 9.47 Å². The van der Waals surface area contributed by atoms with Gasteiger partial charge in [-0.25, -0.2) is 9.59 Å². The minimum Gasteiger partial charge on any atom is -0.458 e. The fourth-order valence-electron chi connectivity index (χ4n) is 4.86. The molecular formula is C36H53N3O6. The Morgan fingerprint density at radius 2 is 1.40 bits per heavy atom. The maximum Gasteiger partial charge on any atom is 0.408 e. The number of alkyl carbamates (subject to hydrolysis) is 1. The molecule has 0 fully saturated rings. The first kappa shape index (κ1) is 37.3. The molecule has 2 rings (SSSR count). The minimum absolute atomic E-state index is 0.215. The van der Waals surface area contributed by atoms with Crippen LogP contribution in [-0.4, -0.2) is 59.1 Å². The van der Waals surface area contributed by atoms with E-state index in [1.165, 1.54) is 4.90 Å². The van der Waals surface area contributed by atoms with Crippen LogP contribution in [-0.2, 0) is 30.3 Å². The van der Waals surface area contributed by atoms with Crippen LogP contribution in [0.25, 0.3) is 0 Å². The van der Waals surface area contributed by atoms with Gasteiger partial charge in [0.25, 0.3) is 0 Å². The molecule has 0 spiro atoms. The summed E-state index contributed by atoms with van der Waals surface area (Å²) in [5, 5.41) is 5.49. The van der Waals surface area contributed by atoms with E-state index < -0.39 is 47.2 Å². The molecule has 0 aromatic heterocycles. The Labute approximate surface area is 269 Å². The van der Waals surface area contributed by atoms with E-state index in [2.05, 4.69) is 17.6 Å². The Bertz CT molecular complexity index is 1250. The lowest BCUT2D eigenvalue weighted by Crippen LogP contribution is -2.52. The van der Waals surface area contributed by atoms with Crippen LogP contribution >= 0.6 is 0 Å². The van der Waals surface area contributed by atoms with E-state index in [0.717, 1.165) is 36.8 Å². The van der Waals surface area contributed by atoms with Gasteiger partial charge >= 0.3 is 12.1 Å². The molecule has 0 saturated carbocycles. The van der Waals surface area contributed by atoms with Crippen molar-refractivity contribution in [1.82, 2.24) is 15.5 Å². The molecule has 0 saturated heterocycles. The van der Waals surface area contributed by atoms with Gasteiger partial charge in [-0.2, -0.15) is 0 Å². The summed E-state index contributed by atoms with van der Waals surface area (Å²) in [4.78, 5) is 55.5. The van der Waals surface area contributed by atoms with Crippen molar-refractivity contribution in [2.24, 2.45) is 0 Å². The van der Waals surface area contributed by atoms with Gasteiger partial charge in [-0.15, -0.1) is 0 Å². The van der Waals surface area contributed by atoms with Gasteiger partial charge in [0.05, 0.1) is 0 Å². The van der Waals surface area contributed by atoms with Crippen molar-refractivity contribution in [3.8, 4) is 0 Å². The molecule has 9 nitrogen and oxygen atoms in total. The van der Waals surface area contributed by atoms with Gasteiger partial charge in [-0.05, 0) is 71.6 Å². The summed E-state index contributed by atoms with van der Waals surface area (Å²) in [6, 6.07) is 14.7. The maximum atomic E-state index is 14.3. The van der Waals surface area contributed by atoms with Crippen LogP contribution in [0.1, 0.15) is 103 Å². The van der Waals surface area contributed by atoms with Gasteiger partial charge in [0.2, 0.25) is 11.8 Å². The molecule has 9 heteroatoms. The SMILES string of the molecule is CCCCCCCN(C(=O)CNC(=O)OC(C)(C)C)C(C(=O)NC(Cc1ccccc1)C(=O)OC(C)(C)C)c1ccccc1C. The average Bonchev–Trinajstić information content (AvgIpc) is 2.94. The highest BCUT2D eigenvalue weighted by molar-refractivity contribution is 5.93. The predicted molar refractivity (Wildman–Crippen MR) is 177 cm³/mol. The van der Waals surface area contributed by atoms with Crippen molar-refractivity contribution < 1.29 is 28.7 Å². The van der Waals surface area contributed by atoms with E-state index in [1.807, 2.05) is 61.5 Å². The predicted octanol–water partition coefficient (Wildman–Crippen LogP) is 6.43. The van der Waals surface area contributed by atoms with Crippen molar-refractivity contribution in [3.63, 3.8) is 0 Å². The lowest BCUT2D eigenvalue weighted by atomic mass is 9.97. The van der Waals surface area contributed by atoms with E-state index >= 15 is 0 Å². The number of unbranched alkanes of at least 4 members (excludes halogenated alkanes) is 4.